The summed E-state index contributed by atoms with van der Waals surface area (Å²) in [5, 5.41) is 14.9. The molecule has 2 aromatic heterocycles. The number of nitrogens with zero attached hydrogens (tertiary/aromatic N) is 5. The number of aromatic nitrogens is 3. The Bertz CT molecular complexity index is 966. The van der Waals surface area contributed by atoms with E-state index in [0.717, 1.165) is 38.3 Å². The van der Waals surface area contributed by atoms with E-state index in [1.165, 1.54) is 16.9 Å². The lowest BCUT2D eigenvalue weighted by Gasteiger charge is -2.40. The van der Waals surface area contributed by atoms with Gasteiger partial charge in [-0.1, -0.05) is 47.7 Å². The zero-order valence-corrected chi connectivity index (χ0v) is 18.4. The highest BCUT2D eigenvalue weighted by molar-refractivity contribution is 7.18. The molecule has 4 rings (SSSR count). The molecule has 1 aliphatic heterocycles. The molecule has 2 N–H and O–H groups in total. The summed E-state index contributed by atoms with van der Waals surface area (Å²) >= 11 is 1.30. The molecule has 0 saturated carbocycles. The fourth-order valence-electron chi connectivity index (χ4n) is 3.71. The van der Waals surface area contributed by atoms with Crippen LogP contribution in [0.5, 0.6) is 0 Å². The molecule has 1 aliphatic rings. The Morgan fingerprint density at radius 2 is 1.97 bits per heavy atom. The van der Waals surface area contributed by atoms with Crippen molar-refractivity contribution >= 4 is 22.5 Å². The summed E-state index contributed by atoms with van der Waals surface area (Å²) < 4.78 is 0. The van der Waals surface area contributed by atoms with Crippen LogP contribution in [0.15, 0.2) is 54.7 Å². The smallest absolute Gasteiger partial charge is 0.321 e. The molecular formula is C22H27N7OS. The second-order valence-corrected chi connectivity index (χ2v) is 8.56. The Labute approximate surface area is 186 Å². The minimum absolute atomic E-state index is 0.262. The molecule has 0 unspecified atom stereocenters. The summed E-state index contributed by atoms with van der Waals surface area (Å²) in [6, 6.07) is 16.4. The van der Waals surface area contributed by atoms with Crippen molar-refractivity contribution in [3.05, 3.63) is 60.3 Å². The third kappa shape index (κ3) is 5.84. The third-order valence-corrected chi connectivity index (χ3v) is 6.18. The molecule has 0 radical (unpaired) electrons. The van der Waals surface area contributed by atoms with E-state index in [2.05, 4.69) is 73.0 Å². The third-order valence-electron chi connectivity index (χ3n) is 5.32. The summed E-state index contributed by atoms with van der Waals surface area (Å²) in [5.41, 5.74) is 2.09. The van der Waals surface area contributed by atoms with Crippen LogP contribution in [0.2, 0.25) is 0 Å². The Kier molecular flexibility index (Phi) is 7.18. The van der Waals surface area contributed by atoms with Gasteiger partial charge in [-0.3, -0.25) is 15.2 Å². The van der Waals surface area contributed by atoms with Crippen molar-refractivity contribution in [3.63, 3.8) is 0 Å². The zero-order chi connectivity index (χ0) is 21.5. The Balaban J connectivity index is 1.23. The maximum atomic E-state index is 12.2. The molecule has 3 aromatic rings. The van der Waals surface area contributed by atoms with Crippen molar-refractivity contribution in [1.82, 2.24) is 30.3 Å². The standard InChI is InChI=1S/C22H27N7OS/c1-28-14-15-29(19(16-28)17-8-3-2-4-9-17)13-7-12-24-21(30)25-22-27-26-20(31-22)18-10-5-6-11-23-18/h2-6,8-11,19H,7,12-16H2,1H3,(H2,24,25,27,30)/t19-/m0/s1. The van der Waals surface area contributed by atoms with E-state index in [1.807, 2.05) is 18.2 Å². The highest BCUT2D eigenvalue weighted by atomic mass is 32.1. The number of piperazine rings is 1. The van der Waals surface area contributed by atoms with E-state index in [1.54, 1.807) is 6.20 Å². The summed E-state index contributed by atoms with van der Waals surface area (Å²) in [6.07, 6.45) is 2.59. The van der Waals surface area contributed by atoms with E-state index in [9.17, 15) is 4.79 Å². The van der Waals surface area contributed by atoms with Gasteiger partial charge in [0.1, 0.15) is 5.69 Å². The van der Waals surface area contributed by atoms with Crippen molar-refractivity contribution in [2.75, 3.05) is 45.1 Å². The summed E-state index contributed by atoms with van der Waals surface area (Å²) in [4.78, 5) is 21.4. The molecule has 0 spiro atoms. The molecule has 1 fully saturated rings. The molecule has 1 atom stereocenters. The maximum Gasteiger partial charge on any atom is 0.321 e. The fraction of sp³-hybridized carbons (Fsp3) is 0.364. The van der Waals surface area contributed by atoms with E-state index in [-0.39, 0.29) is 6.03 Å². The van der Waals surface area contributed by atoms with E-state index < -0.39 is 0 Å². The molecule has 31 heavy (non-hydrogen) atoms. The van der Waals surface area contributed by atoms with Crippen molar-refractivity contribution in [2.24, 2.45) is 0 Å². The Morgan fingerprint density at radius 3 is 2.77 bits per heavy atom. The SMILES string of the molecule is CN1CCN(CCCNC(=O)Nc2nnc(-c3ccccn3)s2)[C@H](c2ccccc2)C1. The topological polar surface area (TPSA) is 86.3 Å². The highest BCUT2D eigenvalue weighted by Crippen LogP contribution is 2.25. The number of hydrogen-bond acceptors (Lipinski definition) is 7. The van der Waals surface area contributed by atoms with Gasteiger partial charge in [0.25, 0.3) is 0 Å². The number of pyridine rings is 1. The number of rotatable bonds is 7. The van der Waals surface area contributed by atoms with Crippen molar-refractivity contribution in [1.29, 1.82) is 0 Å². The molecule has 0 aliphatic carbocycles. The number of carbonyl (C=O) groups excluding carboxylic acids is 1. The van der Waals surface area contributed by atoms with Gasteiger partial charge in [-0.15, -0.1) is 10.2 Å². The van der Waals surface area contributed by atoms with Crippen LogP contribution in [0.25, 0.3) is 10.7 Å². The highest BCUT2D eigenvalue weighted by Gasteiger charge is 2.25. The van der Waals surface area contributed by atoms with Crippen LogP contribution >= 0.6 is 11.3 Å². The first kappa shape index (κ1) is 21.4. The second-order valence-electron chi connectivity index (χ2n) is 7.59. The van der Waals surface area contributed by atoms with Gasteiger partial charge in [0.2, 0.25) is 5.13 Å². The van der Waals surface area contributed by atoms with Crippen molar-refractivity contribution < 1.29 is 4.79 Å². The Hall–Kier alpha value is -2.88. The Morgan fingerprint density at radius 1 is 1.13 bits per heavy atom. The normalized spacial score (nSPS) is 17.4. The second kappa shape index (κ2) is 10.4. The maximum absolute atomic E-state index is 12.2. The molecule has 8 nitrogen and oxygen atoms in total. The molecule has 0 bridgehead atoms. The molecule has 162 valence electrons. The number of benzene rings is 1. The van der Waals surface area contributed by atoms with Gasteiger partial charge in [-0.25, -0.2) is 4.79 Å². The number of urea groups is 1. The fourth-order valence-corrected chi connectivity index (χ4v) is 4.42. The minimum Gasteiger partial charge on any atom is -0.338 e. The zero-order valence-electron chi connectivity index (χ0n) is 17.6. The van der Waals surface area contributed by atoms with Gasteiger partial charge in [0.05, 0.1) is 0 Å². The number of hydrogen-bond donors (Lipinski definition) is 2. The number of anilines is 1. The molecule has 2 amide bonds. The lowest BCUT2D eigenvalue weighted by molar-refractivity contribution is 0.0890. The van der Waals surface area contributed by atoms with Crippen LogP contribution in [0.3, 0.4) is 0 Å². The lowest BCUT2D eigenvalue weighted by Crippen LogP contribution is -2.47. The van der Waals surface area contributed by atoms with E-state index in [4.69, 9.17) is 0 Å². The lowest BCUT2D eigenvalue weighted by atomic mass is 10.0. The van der Waals surface area contributed by atoms with Crippen LogP contribution < -0.4 is 10.6 Å². The number of nitrogens with one attached hydrogen (secondary N) is 2. The van der Waals surface area contributed by atoms with Gasteiger partial charge in [-0.05, 0) is 31.2 Å². The number of amides is 2. The summed E-state index contributed by atoms with van der Waals surface area (Å²) in [5.74, 6) is 0. The summed E-state index contributed by atoms with van der Waals surface area (Å²) in [7, 11) is 2.17. The van der Waals surface area contributed by atoms with Crippen LogP contribution in [0.4, 0.5) is 9.93 Å². The van der Waals surface area contributed by atoms with Crippen LogP contribution in [-0.2, 0) is 0 Å². The van der Waals surface area contributed by atoms with E-state index in [0.29, 0.717) is 22.7 Å². The van der Waals surface area contributed by atoms with Gasteiger partial charge in [0.15, 0.2) is 5.01 Å². The first-order valence-electron chi connectivity index (χ1n) is 10.5. The van der Waals surface area contributed by atoms with Gasteiger partial charge in [-0.2, -0.15) is 0 Å². The predicted octanol–water partition coefficient (Wildman–Crippen LogP) is 3.10. The number of carbonyl (C=O) groups is 1. The van der Waals surface area contributed by atoms with Crippen molar-refractivity contribution in [2.45, 2.75) is 12.5 Å². The van der Waals surface area contributed by atoms with Crippen LogP contribution in [0.1, 0.15) is 18.0 Å². The van der Waals surface area contributed by atoms with Crippen LogP contribution in [0, 0.1) is 0 Å². The largest absolute Gasteiger partial charge is 0.338 e. The van der Waals surface area contributed by atoms with Crippen molar-refractivity contribution in [3.8, 4) is 10.7 Å². The van der Waals surface area contributed by atoms with Gasteiger partial charge in [0, 0.05) is 45.0 Å². The quantitative estimate of drug-likeness (QED) is 0.553. The molecular weight excluding hydrogens is 410 g/mol. The minimum atomic E-state index is -0.262. The molecule has 3 heterocycles. The molecule has 1 aromatic carbocycles. The summed E-state index contributed by atoms with van der Waals surface area (Å²) in [6.45, 7) is 4.66. The monoisotopic (exact) mass is 437 g/mol. The van der Waals surface area contributed by atoms with Gasteiger partial charge >= 0.3 is 6.03 Å². The predicted molar refractivity (Wildman–Crippen MR) is 123 cm³/mol. The first-order chi connectivity index (χ1) is 15.2. The first-order valence-corrected chi connectivity index (χ1v) is 11.3. The molecule has 9 heteroatoms. The van der Waals surface area contributed by atoms with E-state index >= 15 is 0 Å². The average Bonchev–Trinajstić information content (AvgIpc) is 3.27. The number of likely N-dealkylation sites (N-methyl/N-ethyl adjacent to an activating group) is 1. The van der Waals surface area contributed by atoms with Gasteiger partial charge < -0.3 is 10.2 Å². The molecule has 1 saturated heterocycles. The average molecular weight is 438 g/mol. The van der Waals surface area contributed by atoms with Crippen LogP contribution in [-0.4, -0.2) is 70.8 Å².